The highest BCUT2D eigenvalue weighted by Crippen LogP contribution is 2.16. The van der Waals surface area contributed by atoms with Crippen molar-refractivity contribution < 1.29 is 28.6 Å². The van der Waals surface area contributed by atoms with Crippen molar-refractivity contribution in [2.24, 2.45) is 0 Å². The van der Waals surface area contributed by atoms with Crippen LogP contribution in [-0.2, 0) is 19.0 Å². The topological polar surface area (TPSA) is 85.4 Å². The van der Waals surface area contributed by atoms with Crippen molar-refractivity contribution in [2.45, 2.75) is 72.6 Å². The van der Waals surface area contributed by atoms with E-state index >= 15 is 0 Å². The fraction of sp³-hybridized carbons (Fsp3) is 0.833. The first-order chi connectivity index (χ1) is 11.8. The molecule has 1 heterocycles. The first-order valence-corrected chi connectivity index (χ1v) is 8.83. The van der Waals surface area contributed by atoms with Gasteiger partial charge in [0.2, 0.25) is 0 Å². The van der Waals surface area contributed by atoms with Gasteiger partial charge in [0.05, 0.1) is 12.6 Å². The van der Waals surface area contributed by atoms with Gasteiger partial charge in [-0.25, -0.2) is 9.59 Å². The quantitative estimate of drug-likeness (QED) is 0.545. The normalized spacial score (nSPS) is 17.6. The molecule has 2 amide bonds. The first kappa shape index (κ1) is 24.0. The third-order valence-electron chi connectivity index (χ3n) is 3.18. The van der Waals surface area contributed by atoms with Crippen LogP contribution < -0.4 is 0 Å². The minimum atomic E-state index is -0.505. The lowest BCUT2D eigenvalue weighted by atomic mass is 10.2. The maximum atomic E-state index is 12.0. The highest BCUT2D eigenvalue weighted by atomic mass is 16.6. The average Bonchev–Trinajstić information content (AvgIpc) is 2.44. The van der Waals surface area contributed by atoms with E-state index in [-0.39, 0.29) is 23.8 Å². The lowest BCUT2D eigenvalue weighted by Gasteiger charge is -2.39. The molecular weight excluding hydrogens is 340 g/mol. The van der Waals surface area contributed by atoms with Crippen molar-refractivity contribution in [3.63, 3.8) is 0 Å². The van der Waals surface area contributed by atoms with Crippen molar-refractivity contribution in [1.29, 1.82) is 0 Å². The van der Waals surface area contributed by atoms with E-state index in [2.05, 4.69) is 4.74 Å². The minimum Gasteiger partial charge on any atom is -0.462 e. The number of ether oxygens (including phenoxy) is 3. The molecule has 1 aliphatic heterocycles. The number of carbonyl (C=O) groups excluding carboxylic acids is 3. The Morgan fingerprint density at radius 1 is 1.04 bits per heavy atom. The highest BCUT2D eigenvalue weighted by molar-refractivity contribution is 5.71. The third-order valence-corrected chi connectivity index (χ3v) is 3.18. The predicted molar refractivity (Wildman–Crippen MR) is 97.9 cm³/mol. The van der Waals surface area contributed by atoms with Gasteiger partial charge in [0, 0.05) is 19.6 Å². The second-order valence-electron chi connectivity index (χ2n) is 7.99. The Balaban J connectivity index is 0.000000758. The number of nitrogens with zero attached hydrogens (tertiary/aromatic N) is 2. The van der Waals surface area contributed by atoms with Crippen molar-refractivity contribution in [3.8, 4) is 0 Å². The Morgan fingerprint density at radius 3 is 1.96 bits per heavy atom. The van der Waals surface area contributed by atoms with Crippen LogP contribution in [0.2, 0.25) is 0 Å². The van der Waals surface area contributed by atoms with Gasteiger partial charge in [-0.05, 0) is 55.4 Å². The summed E-state index contributed by atoms with van der Waals surface area (Å²) in [6, 6.07) is -0.0759. The van der Waals surface area contributed by atoms with E-state index in [1.165, 1.54) is 0 Å². The number of carbonyl (C=O) groups is 3. The number of rotatable bonds is 2. The monoisotopic (exact) mass is 374 g/mol. The summed E-state index contributed by atoms with van der Waals surface area (Å²) in [5.41, 5.74) is -0.823. The Bertz CT molecular complexity index is 467. The molecule has 0 saturated carbocycles. The number of hydrogen-bond donors (Lipinski definition) is 0. The molecule has 0 aliphatic carbocycles. The van der Waals surface area contributed by atoms with Crippen LogP contribution in [-0.4, -0.2) is 71.9 Å². The summed E-state index contributed by atoms with van der Waals surface area (Å²) in [4.78, 5) is 36.5. The summed E-state index contributed by atoms with van der Waals surface area (Å²) in [5.74, 6) is 0. The van der Waals surface area contributed by atoms with E-state index in [0.29, 0.717) is 32.7 Å². The molecule has 26 heavy (non-hydrogen) atoms. The largest absolute Gasteiger partial charge is 0.462 e. The predicted octanol–water partition coefficient (Wildman–Crippen LogP) is 3.04. The molecule has 152 valence electrons. The summed E-state index contributed by atoms with van der Waals surface area (Å²) < 4.78 is 14.9. The Hall–Kier alpha value is -1.99. The van der Waals surface area contributed by atoms with Gasteiger partial charge >= 0.3 is 12.2 Å². The number of hydrogen-bond acceptors (Lipinski definition) is 6. The van der Waals surface area contributed by atoms with Crippen molar-refractivity contribution in [1.82, 2.24) is 9.80 Å². The molecule has 1 fully saturated rings. The standard InChI is InChI=1S/C13H24N2O4.C5H10O2/c1-6-18-11(16)14-7-8-15(10(2)9-14)12(17)19-13(3,4)5;1-5(2,3)7-4-6/h10H,6-9H2,1-5H3;4H,1-3H3. The fourth-order valence-electron chi connectivity index (χ4n) is 2.07. The van der Waals surface area contributed by atoms with E-state index in [1.807, 2.05) is 48.5 Å². The molecule has 1 aliphatic rings. The lowest BCUT2D eigenvalue weighted by Crippen LogP contribution is -2.56. The van der Waals surface area contributed by atoms with Crippen LogP contribution in [0.4, 0.5) is 9.59 Å². The van der Waals surface area contributed by atoms with E-state index in [9.17, 15) is 14.4 Å². The minimum absolute atomic E-state index is 0.0759. The fourth-order valence-corrected chi connectivity index (χ4v) is 2.07. The zero-order valence-corrected chi connectivity index (χ0v) is 17.3. The van der Waals surface area contributed by atoms with Gasteiger partial charge < -0.3 is 24.0 Å². The SMILES string of the molecule is CC(C)(C)OC=O.CCOC(=O)N1CCN(C(=O)OC(C)(C)C)C(C)C1. The van der Waals surface area contributed by atoms with Crippen LogP contribution in [0.25, 0.3) is 0 Å². The van der Waals surface area contributed by atoms with Crippen molar-refractivity contribution in [3.05, 3.63) is 0 Å². The Kier molecular flexibility index (Phi) is 9.45. The molecular formula is C18H34N2O6. The summed E-state index contributed by atoms with van der Waals surface area (Å²) in [6.07, 6.45) is -0.651. The van der Waals surface area contributed by atoms with Crippen LogP contribution in [0.1, 0.15) is 55.4 Å². The Morgan fingerprint density at radius 2 is 1.62 bits per heavy atom. The van der Waals surface area contributed by atoms with Crippen LogP contribution >= 0.6 is 0 Å². The van der Waals surface area contributed by atoms with E-state index in [4.69, 9.17) is 9.47 Å². The molecule has 1 atom stereocenters. The molecule has 1 rings (SSSR count). The van der Waals surface area contributed by atoms with E-state index in [1.54, 1.807) is 16.7 Å². The number of amides is 2. The van der Waals surface area contributed by atoms with Crippen LogP contribution in [0.15, 0.2) is 0 Å². The van der Waals surface area contributed by atoms with Crippen molar-refractivity contribution in [2.75, 3.05) is 26.2 Å². The molecule has 0 aromatic rings. The molecule has 8 nitrogen and oxygen atoms in total. The molecule has 1 unspecified atom stereocenters. The molecule has 0 aromatic heterocycles. The van der Waals surface area contributed by atoms with Gasteiger partial charge in [-0.15, -0.1) is 0 Å². The van der Waals surface area contributed by atoms with Gasteiger partial charge in [0.1, 0.15) is 11.2 Å². The van der Waals surface area contributed by atoms with Gasteiger partial charge in [-0.1, -0.05) is 0 Å². The van der Waals surface area contributed by atoms with Crippen molar-refractivity contribution >= 4 is 18.7 Å². The molecule has 1 saturated heterocycles. The summed E-state index contributed by atoms with van der Waals surface area (Å²) in [5, 5.41) is 0. The lowest BCUT2D eigenvalue weighted by molar-refractivity contribution is -0.138. The summed E-state index contributed by atoms with van der Waals surface area (Å²) in [7, 11) is 0. The summed E-state index contributed by atoms with van der Waals surface area (Å²) >= 11 is 0. The zero-order chi connectivity index (χ0) is 20.5. The first-order valence-electron chi connectivity index (χ1n) is 8.83. The van der Waals surface area contributed by atoms with Crippen LogP contribution in [0.5, 0.6) is 0 Å². The molecule has 0 radical (unpaired) electrons. The molecule has 8 heteroatoms. The second-order valence-corrected chi connectivity index (χ2v) is 7.99. The van der Waals surface area contributed by atoms with E-state index in [0.717, 1.165) is 0 Å². The number of piperazine rings is 1. The Labute approximate surface area is 156 Å². The van der Waals surface area contributed by atoms with Gasteiger partial charge in [0.25, 0.3) is 6.47 Å². The van der Waals surface area contributed by atoms with Gasteiger partial charge in [-0.2, -0.15) is 0 Å². The van der Waals surface area contributed by atoms with Crippen LogP contribution in [0.3, 0.4) is 0 Å². The van der Waals surface area contributed by atoms with Gasteiger partial charge in [-0.3, -0.25) is 4.79 Å². The van der Waals surface area contributed by atoms with E-state index < -0.39 is 5.60 Å². The maximum Gasteiger partial charge on any atom is 0.410 e. The molecule has 0 spiro atoms. The second kappa shape index (κ2) is 10.2. The smallest absolute Gasteiger partial charge is 0.410 e. The maximum absolute atomic E-state index is 12.0. The molecule has 0 N–H and O–H groups in total. The van der Waals surface area contributed by atoms with Gasteiger partial charge in [0.15, 0.2) is 0 Å². The van der Waals surface area contributed by atoms with Crippen LogP contribution in [0, 0.1) is 0 Å². The molecule has 0 bridgehead atoms. The third kappa shape index (κ3) is 10.1. The zero-order valence-electron chi connectivity index (χ0n) is 17.3. The molecule has 0 aromatic carbocycles. The summed E-state index contributed by atoms with van der Waals surface area (Å²) in [6.45, 7) is 16.9. The average molecular weight is 374 g/mol. The highest BCUT2D eigenvalue weighted by Gasteiger charge is 2.32.